The number of amides is 1. The molecular weight excluding hydrogens is 360 g/mol. The van der Waals surface area contributed by atoms with E-state index in [2.05, 4.69) is 26.2 Å². The third-order valence-corrected chi connectivity index (χ3v) is 4.36. The molecule has 3 rings (SSSR count). The fourth-order valence-electron chi connectivity index (χ4n) is 2.72. The summed E-state index contributed by atoms with van der Waals surface area (Å²) in [5.41, 5.74) is 1.66. The fraction of sp³-hybridized carbons (Fsp3) is 0.438. The number of ether oxygens (including phenoxy) is 1. The minimum Gasteiger partial charge on any atom is -0.372 e. The summed E-state index contributed by atoms with van der Waals surface area (Å²) in [5.74, 6) is -0.0971. The molecule has 2 heterocycles. The molecule has 0 atom stereocenters. The zero-order chi connectivity index (χ0) is 16.6. The van der Waals surface area contributed by atoms with E-state index < -0.39 is 0 Å². The fourth-order valence-corrected chi connectivity index (χ4v) is 3.11. The Morgan fingerprint density at radius 2 is 2.17 bits per heavy atom. The molecule has 1 amide bonds. The van der Waals surface area contributed by atoms with Crippen LogP contribution in [-0.4, -0.2) is 51.1 Å². The van der Waals surface area contributed by atoms with Gasteiger partial charge in [0.15, 0.2) is 5.69 Å². The SMILES string of the molecule is Cc1c(C(=O)N2CCOC(C)(C)C2)nnn1-c1cccc(Br)c1. The Labute approximate surface area is 143 Å². The van der Waals surface area contributed by atoms with E-state index in [4.69, 9.17) is 4.74 Å². The predicted molar refractivity (Wildman–Crippen MR) is 89.7 cm³/mol. The van der Waals surface area contributed by atoms with Crippen LogP contribution < -0.4 is 0 Å². The standard InChI is InChI=1S/C16H19BrN4O2/c1-11-14(15(22)20-7-8-23-16(2,3)10-20)18-19-21(11)13-6-4-5-12(17)9-13/h4-6,9H,7-8,10H2,1-3H3. The molecule has 1 fully saturated rings. The van der Waals surface area contributed by atoms with E-state index in [9.17, 15) is 4.79 Å². The Kier molecular flexibility index (Phi) is 4.25. The van der Waals surface area contributed by atoms with E-state index in [1.54, 1.807) is 9.58 Å². The summed E-state index contributed by atoms with van der Waals surface area (Å²) < 4.78 is 8.29. The number of carbonyl (C=O) groups excluding carboxylic acids is 1. The van der Waals surface area contributed by atoms with Gasteiger partial charge in [0, 0.05) is 17.6 Å². The van der Waals surface area contributed by atoms with E-state index in [0.29, 0.717) is 25.4 Å². The van der Waals surface area contributed by atoms with Gasteiger partial charge in [-0.3, -0.25) is 4.79 Å². The summed E-state index contributed by atoms with van der Waals surface area (Å²) in [7, 11) is 0. The number of benzene rings is 1. The smallest absolute Gasteiger partial charge is 0.276 e. The quantitative estimate of drug-likeness (QED) is 0.805. The van der Waals surface area contributed by atoms with Crippen LogP contribution in [0.2, 0.25) is 0 Å². The lowest BCUT2D eigenvalue weighted by atomic mass is 10.1. The Balaban J connectivity index is 1.88. The van der Waals surface area contributed by atoms with E-state index >= 15 is 0 Å². The van der Waals surface area contributed by atoms with Crippen LogP contribution >= 0.6 is 15.9 Å². The normalized spacial score (nSPS) is 17.3. The summed E-state index contributed by atoms with van der Waals surface area (Å²) in [5, 5.41) is 8.26. The van der Waals surface area contributed by atoms with Crippen molar-refractivity contribution in [2.75, 3.05) is 19.7 Å². The Morgan fingerprint density at radius 1 is 1.39 bits per heavy atom. The maximum atomic E-state index is 12.8. The van der Waals surface area contributed by atoms with Gasteiger partial charge in [-0.05, 0) is 39.0 Å². The number of aromatic nitrogens is 3. The van der Waals surface area contributed by atoms with Gasteiger partial charge in [-0.15, -0.1) is 5.10 Å². The molecular formula is C16H19BrN4O2. The van der Waals surface area contributed by atoms with Crippen molar-refractivity contribution < 1.29 is 9.53 Å². The van der Waals surface area contributed by atoms with Gasteiger partial charge < -0.3 is 9.64 Å². The van der Waals surface area contributed by atoms with Crippen molar-refractivity contribution >= 4 is 21.8 Å². The van der Waals surface area contributed by atoms with Crippen LogP contribution in [-0.2, 0) is 4.74 Å². The van der Waals surface area contributed by atoms with Crippen molar-refractivity contribution in [3.63, 3.8) is 0 Å². The molecule has 1 aliphatic heterocycles. The van der Waals surface area contributed by atoms with E-state index in [1.165, 1.54) is 0 Å². The topological polar surface area (TPSA) is 60.3 Å². The molecule has 1 saturated heterocycles. The first-order valence-corrected chi connectivity index (χ1v) is 8.28. The molecule has 0 bridgehead atoms. The Bertz CT molecular complexity index is 741. The van der Waals surface area contributed by atoms with Crippen molar-refractivity contribution in [1.29, 1.82) is 0 Å². The highest BCUT2D eigenvalue weighted by Gasteiger charge is 2.32. The van der Waals surface area contributed by atoms with E-state index in [1.807, 2.05) is 45.0 Å². The third-order valence-electron chi connectivity index (χ3n) is 3.86. The molecule has 1 aromatic heterocycles. The van der Waals surface area contributed by atoms with Crippen molar-refractivity contribution in [2.24, 2.45) is 0 Å². The lowest BCUT2D eigenvalue weighted by Crippen LogP contribution is -2.50. The van der Waals surface area contributed by atoms with Gasteiger partial charge in [0.1, 0.15) is 0 Å². The summed E-state index contributed by atoms with van der Waals surface area (Å²) in [6.07, 6.45) is 0. The highest BCUT2D eigenvalue weighted by Crippen LogP contribution is 2.21. The molecule has 0 N–H and O–H groups in total. The number of halogens is 1. The molecule has 2 aromatic rings. The molecule has 0 unspecified atom stereocenters. The Morgan fingerprint density at radius 3 is 2.87 bits per heavy atom. The van der Waals surface area contributed by atoms with Gasteiger partial charge in [0.05, 0.1) is 23.6 Å². The zero-order valence-corrected chi connectivity index (χ0v) is 15.0. The van der Waals surface area contributed by atoms with Crippen LogP contribution in [0, 0.1) is 6.92 Å². The predicted octanol–water partition coefficient (Wildman–Crippen LogP) is 2.59. The van der Waals surface area contributed by atoms with E-state index in [-0.39, 0.29) is 11.5 Å². The van der Waals surface area contributed by atoms with Crippen molar-refractivity contribution in [2.45, 2.75) is 26.4 Å². The lowest BCUT2D eigenvalue weighted by molar-refractivity contribution is -0.0765. The minimum atomic E-state index is -0.331. The average Bonchev–Trinajstić information content (AvgIpc) is 2.87. The van der Waals surface area contributed by atoms with Gasteiger partial charge in [-0.2, -0.15) is 0 Å². The molecule has 1 aromatic carbocycles. The molecule has 0 spiro atoms. The largest absolute Gasteiger partial charge is 0.372 e. The van der Waals surface area contributed by atoms with Crippen LogP contribution in [0.5, 0.6) is 0 Å². The minimum absolute atomic E-state index is 0.0971. The van der Waals surface area contributed by atoms with Crippen molar-refractivity contribution in [3.8, 4) is 5.69 Å². The second kappa shape index (κ2) is 6.05. The van der Waals surface area contributed by atoms with Crippen LogP contribution in [0.3, 0.4) is 0 Å². The maximum absolute atomic E-state index is 12.8. The highest BCUT2D eigenvalue weighted by molar-refractivity contribution is 9.10. The molecule has 0 radical (unpaired) electrons. The molecule has 7 heteroatoms. The van der Waals surface area contributed by atoms with Crippen LogP contribution in [0.15, 0.2) is 28.7 Å². The van der Waals surface area contributed by atoms with Gasteiger partial charge >= 0.3 is 0 Å². The van der Waals surface area contributed by atoms with Gasteiger partial charge in [-0.1, -0.05) is 27.2 Å². The molecule has 0 saturated carbocycles. The molecule has 122 valence electrons. The maximum Gasteiger partial charge on any atom is 0.276 e. The number of morpholine rings is 1. The number of hydrogen-bond donors (Lipinski definition) is 0. The average molecular weight is 379 g/mol. The monoisotopic (exact) mass is 378 g/mol. The summed E-state index contributed by atoms with van der Waals surface area (Å²) in [6.45, 7) is 7.49. The summed E-state index contributed by atoms with van der Waals surface area (Å²) in [6, 6.07) is 7.73. The third kappa shape index (κ3) is 3.30. The highest BCUT2D eigenvalue weighted by atomic mass is 79.9. The summed E-state index contributed by atoms with van der Waals surface area (Å²) >= 11 is 3.44. The number of carbonyl (C=O) groups is 1. The summed E-state index contributed by atoms with van der Waals surface area (Å²) in [4.78, 5) is 14.5. The molecule has 23 heavy (non-hydrogen) atoms. The van der Waals surface area contributed by atoms with Crippen molar-refractivity contribution in [1.82, 2.24) is 19.9 Å². The van der Waals surface area contributed by atoms with Gasteiger partial charge in [0.25, 0.3) is 5.91 Å². The molecule has 0 aliphatic carbocycles. The van der Waals surface area contributed by atoms with Gasteiger partial charge in [0.2, 0.25) is 0 Å². The first-order chi connectivity index (χ1) is 10.9. The first kappa shape index (κ1) is 16.1. The number of hydrogen-bond acceptors (Lipinski definition) is 4. The second-order valence-electron chi connectivity index (χ2n) is 6.25. The second-order valence-corrected chi connectivity index (χ2v) is 7.17. The van der Waals surface area contributed by atoms with Gasteiger partial charge in [-0.25, -0.2) is 4.68 Å². The van der Waals surface area contributed by atoms with Crippen LogP contribution in [0.4, 0.5) is 0 Å². The van der Waals surface area contributed by atoms with Crippen LogP contribution in [0.25, 0.3) is 5.69 Å². The molecule has 6 nitrogen and oxygen atoms in total. The zero-order valence-electron chi connectivity index (χ0n) is 13.4. The van der Waals surface area contributed by atoms with Crippen LogP contribution in [0.1, 0.15) is 30.0 Å². The van der Waals surface area contributed by atoms with E-state index in [0.717, 1.165) is 15.9 Å². The number of nitrogens with zero attached hydrogens (tertiary/aromatic N) is 4. The molecule has 1 aliphatic rings. The first-order valence-electron chi connectivity index (χ1n) is 7.49. The Hall–Kier alpha value is -1.73. The van der Waals surface area contributed by atoms with Crippen molar-refractivity contribution in [3.05, 3.63) is 40.1 Å². The number of rotatable bonds is 2. The lowest BCUT2D eigenvalue weighted by Gasteiger charge is -2.37.